The molecule has 0 saturated carbocycles. The molecule has 1 heterocycles. The summed E-state index contributed by atoms with van der Waals surface area (Å²) in [5, 5.41) is 18.2. The Morgan fingerprint density at radius 2 is 2.21 bits per heavy atom. The third-order valence-electron chi connectivity index (χ3n) is 2.05. The molecule has 1 aliphatic rings. The van der Waals surface area contributed by atoms with Gasteiger partial charge in [0.15, 0.2) is 6.29 Å². The summed E-state index contributed by atoms with van der Waals surface area (Å²) in [6.07, 6.45) is -2.13. The Morgan fingerprint density at radius 3 is 2.64 bits per heavy atom. The van der Waals surface area contributed by atoms with Crippen LogP contribution < -0.4 is 0 Å². The monoisotopic (exact) mass is 204 g/mol. The average Bonchev–Trinajstić information content (AvgIpc) is 2.42. The van der Waals surface area contributed by atoms with Crippen LogP contribution in [-0.2, 0) is 14.3 Å². The van der Waals surface area contributed by atoms with Gasteiger partial charge in [-0.2, -0.15) is 0 Å². The quantitative estimate of drug-likeness (QED) is 0.615. The Hall–Kier alpha value is -0.650. The highest BCUT2D eigenvalue weighted by atomic mass is 16.6. The van der Waals surface area contributed by atoms with Gasteiger partial charge in [-0.05, 0) is 0 Å². The minimum Gasteiger partial charge on any atom is -0.463 e. The van der Waals surface area contributed by atoms with Crippen LogP contribution in [0.15, 0.2) is 0 Å². The summed E-state index contributed by atoms with van der Waals surface area (Å²) in [6, 6.07) is 0. The van der Waals surface area contributed by atoms with Gasteiger partial charge >= 0.3 is 5.97 Å². The maximum Gasteiger partial charge on any atom is 0.308 e. The van der Waals surface area contributed by atoms with Gasteiger partial charge in [0, 0.05) is 6.42 Å². The molecule has 0 aromatic rings. The second-order valence-corrected chi connectivity index (χ2v) is 3.74. The molecule has 0 spiro atoms. The van der Waals surface area contributed by atoms with Gasteiger partial charge in [0.1, 0.15) is 12.7 Å². The first kappa shape index (κ1) is 11.4. The molecule has 14 heavy (non-hydrogen) atoms. The molecule has 0 aliphatic carbocycles. The van der Waals surface area contributed by atoms with E-state index in [0.717, 1.165) is 0 Å². The minimum atomic E-state index is -1.15. The molecular formula is C9H16O5. The van der Waals surface area contributed by atoms with E-state index in [1.807, 2.05) is 0 Å². The van der Waals surface area contributed by atoms with Gasteiger partial charge in [0.05, 0.1) is 12.0 Å². The Morgan fingerprint density at radius 1 is 1.57 bits per heavy atom. The number of carbonyl (C=O) groups is 1. The fourth-order valence-corrected chi connectivity index (χ4v) is 1.18. The summed E-state index contributed by atoms with van der Waals surface area (Å²) in [5.74, 6) is -0.476. The molecule has 1 aliphatic heterocycles. The lowest BCUT2D eigenvalue weighted by atomic mass is 10.2. The van der Waals surface area contributed by atoms with Crippen LogP contribution in [0.4, 0.5) is 0 Å². The van der Waals surface area contributed by atoms with E-state index in [0.29, 0.717) is 6.42 Å². The van der Waals surface area contributed by atoms with Crippen LogP contribution in [0.2, 0.25) is 0 Å². The number of carbonyl (C=O) groups excluding carboxylic acids is 1. The Bertz CT molecular complexity index is 193. The van der Waals surface area contributed by atoms with E-state index in [9.17, 15) is 4.79 Å². The highest BCUT2D eigenvalue weighted by Gasteiger charge is 2.33. The standard InChI is InChI=1S/C9H16O5/c1-5(2)8(11)13-4-6-3-7(10)9(12)14-6/h5-7,9-10,12H,3-4H2,1-2H3/t6-,7+,9-/m0/s1. The van der Waals surface area contributed by atoms with Gasteiger partial charge in [-0.1, -0.05) is 13.8 Å². The fraction of sp³-hybridized carbons (Fsp3) is 0.889. The summed E-state index contributed by atoms with van der Waals surface area (Å²) >= 11 is 0. The minimum absolute atomic E-state index is 0.0884. The van der Waals surface area contributed by atoms with Gasteiger partial charge < -0.3 is 19.7 Å². The zero-order valence-corrected chi connectivity index (χ0v) is 8.34. The molecule has 2 N–H and O–H groups in total. The number of hydrogen-bond acceptors (Lipinski definition) is 5. The van der Waals surface area contributed by atoms with Crippen molar-refractivity contribution in [2.45, 2.75) is 38.8 Å². The lowest BCUT2D eigenvalue weighted by Gasteiger charge is -2.11. The van der Waals surface area contributed by atoms with Crippen molar-refractivity contribution in [3.05, 3.63) is 0 Å². The number of aliphatic hydroxyl groups excluding tert-OH is 2. The highest BCUT2D eigenvalue weighted by molar-refractivity contribution is 5.71. The molecule has 0 amide bonds. The van der Waals surface area contributed by atoms with E-state index in [2.05, 4.69) is 0 Å². The maximum absolute atomic E-state index is 11.1. The molecule has 1 rings (SSSR count). The fourth-order valence-electron chi connectivity index (χ4n) is 1.18. The predicted molar refractivity (Wildman–Crippen MR) is 47.3 cm³/mol. The predicted octanol–water partition coefficient (Wildman–Crippen LogP) is -0.346. The molecule has 5 nitrogen and oxygen atoms in total. The van der Waals surface area contributed by atoms with Gasteiger partial charge in [0.25, 0.3) is 0 Å². The molecule has 1 saturated heterocycles. The van der Waals surface area contributed by atoms with Gasteiger partial charge in [-0.3, -0.25) is 4.79 Å². The molecule has 5 heteroatoms. The molecule has 0 radical (unpaired) electrons. The van der Waals surface area contributed by atoms with Gasteiger partial charge in [0.2, 0.25) is 0 Å². The normalized spacial score (nSPS) is 32.2. The van der Waals surface area contributed by atoms with Crippen molar-refractivity contribution in [3.8, 4) is 0 Å². The van der Waals surface area contributed by atoms with E-state index in [1.165, 1.54) is 0 Å². The largest absolute Gasteiger partial charge is 0.463 e. The summed E-state index contributed by atoms with van der Waals surface area (Å²) in [5.41, 5.74) is 0. The third-order valence-corrected chi connectivity index (χ3v) is 2.05. The first-order chi connectivity index (χ1) is 6.50. The summed E-state index contributed by atoms with van der Waals surface area (Å²) < 4.78 is 9.83. The van der Waals surface area contributed by atoms with Crippen LogP contribution >= 0.6 is 0 Å². The van der Waals surface area contributed by atoms with E-state index >= 15 is 0 Å². The Balaban J connectivity index is 2.23. The van der Waals surface area contributed by atoms with Crippen LogP contribution in [0.3, 0.4) is 0 Å². The van der Waals surface area contributed by atoms with Crippen LogP contribution in [0.5, 0.6) is 0 Å². The number of ether oxygens (including phenoxy) is 2. The zero-order valence-electron chi connectivity index (χ0n) is 8.34. The van der Waals surface area contributed by atoms with Crippen molar-refractivity contribution in [3.63, 3.8) is 0 Å². The molecule has 0 aromatic carbocycles. The first-order valence-corrected chi connectivity index (χ1v) is 4.69. The lowest BCUT2D eigenvalue weighted by Crippen LogP contribution is -2.21. The van der Waals surface area contributed by atoms with Gasteiger partial charge in [-0.15, -0.1) is 0 Å². The van der Waals surface area contributed by atoms with Gasteiger partial charge in [-0.25, -0.2) is 0 Å². The van der Waals surface area contributed by atoms with E-state index in [4.69, 9.17) is 19.7 Å². The highest BCUT2D eigenvalue weighted by Crippen LogP contribution is 2.18. The van der Waals surface area contributed by atoms with E-state index in [-0.39, 0.29) is 18.5 Å². The molecule has 0 aromatic heterocycles. The van der Waals surface area contributed by atoms with Crippen molar-refractivity contribution >= 4 is 5.97 Å². The van der Waals surface area contributed by atoms with Crippen LogP contribution in [0, 0.1) is 5.92 Å². The van der Waals surface area contributed by atoms with Crippen molar-refractivity contribution in [2.24, 2.45) is 5.92 Å². The maximum atomic E-state index is 11.1. The topological polar surface area (TPSA) is 76.0 Å². The second kappa shape index (κ2) is 4.72. The first-order valence-electron chi connectivity index (χ1n) is 4.69. The SMILES string of the molecule is CC(C)C(=O)OC[C@@H]1C[C@@H](O)[C@@H](O)O1. The Labute approximate surface area is 82.6 Å². The number of hydrogen-bond donors (Lipinski definition) is 2. The van der Waals surface area contributed by atoms with Crippen molar-refractivity contribution in [1.82, 2.24) is 0 Å². The van der Waals surface area contributed by atoms with E-state index < -0.39 is 18.5 Å². The third kappa shape index (κ3) is 2.94. The second-order valence-electron chi connectivity index (χ2n) is 3.74. The van der Waals surface area contributed by atoms with Crippen molar-refractivity contribution in [2.75, 3.05) is 6.61 Å². The van der Waals surface area contributed by atoms with Crippen molar-refractivity contribution in [1.29, 1.82) is 0 Å². The molecule has 82 valence electrons. The van der Waals surface area contributed by atoms with Crippen LogP contribution in [-0.4, -0.2) is 41.3 Å². The molecular weight excluding hydrogens is 188 g/mol. The summed E-state index contributed by atoms with van der Waals surface area (Å²) in [7, 11) is 0. The average molecular weight is 204 g/mol. The molecule has 0 unspecified atom stereocenters. The zero-order chi connectivity index (χ0) is 10.7. The van der Waals surface area contributed by atoms with Crippen LogP contribution in [0.1, 0.15) is 20.3 Å². The Kier molecular flexibility index (Phi) is 3.86. The van der Waals surface area contributed by atoms with E-state index in [1.54, 1.807) is 13.8 Å². The van der Waals surface area contributed by atoms with Crippen molar-refractivity contribution < 1.29 is 24.5 Å². The number of esters is 1. The number of rotatable bonds is 3. The molecule has 3 atom stereocenters. The number of aliphatic hydroxyl groups is 2. The van der Waals surface area contributed by atoms with Crippen LogP contribution in [0.25, 0.3) is 0 Å². The molecule has 0 bridgehead atoms. The lowest BCUT2D eigenvalue weighted by molar-refractivity contribution is -0.159. The smallest absolute Gasteiger partial charge is 0.308 e. The molecule has 1 fully saturated rings. The summed E-state index contributed by atoms with van der Waals surface area (Å²) in [4.78, 5) is 11.1. The summed E-state index contributed by atoms with van der Waals surface area (Å²) in [6.45, 7) is 3.56.